The molecule has 140 valence electrons. The van der Waals surface area contributed by atoms with Crippen LogP contribution in [0.5, 0.6) is 5.75 Å². The molecule has 0 aliphatic rings. The first kappa shape index (κ1) is 20.0. The summed E-state index contributed by atoms with van der Waals surface area (Å²) in [7, 11) is 0. The molecular weight excluding hydrogens is 344 g/mol. The molecule has 0 heterocycles. The number of anilines is 1. The highest BCUT2D eigenvalue weighted by atomic mass is 16.5. The summed E-state index contributed by atoms with van der Waals surface area (Å²) < 4.78 is 10.7. The lowest BCUT2D eigenvalue weighted by Crippen LogP contribution is -2.30. The quantitative estimate of drug-likeness (QED) is 0.570. The van der Waals surface area contributed by atoms with Gasteiger partial charge in [0.15, 0.2) is 6.10 Å². The summed E-state index contributed by atoms with van der Waals surface area (Å²) in [5.41, 5.74) is 2.19. The lowest BCUT2D eigenvalue weighted by Gasteiger charge is -2.13. The number of esters is 1. The van der Waals surface area contributed by atoms with Gasteiger partial charge in [0, 0.05) is 12.1 Å². The van der Waals surface area contributed by atoms with Crippen LogP contribution in [0.3, 0.4) is 0 Å². The number of benzene rings is 2. The molecule has 6 heteroatoms. The first-order valence-electron chi connectivity index (χ1n) is 8.68. The van der Waals surface area contributed by atoms with E-state index in [1.807, 2.05) is 37.3 Å². The fourth-order valence-corrected chi connectivity index (χ4v) is 2.22. The van der Waals surface area contributed by atoms with Gasteiger partial charge in [-0.05, 0) is 56.7 Å². The van der Waals surface area contributed by atoms with Crippen molar-refractivity contribution in [1.29, 1.82) is 5.26 Å². The zero-order valence-electron chi connectivity index (χ0n) is 15.4. The SMILES string of the molecule is Cc1ccc(OCCCC(=O)O[C@@H](C)C(=O)Nc2ccc(C#N)cc2)cc1. The Bertz CT molecular complexity index is 808. The molecule has 6 nitrogen and oxygen atoms in total. The van der Waals surface area contributed by atoms with Crippen molar-refractivity contribution in [1.82, 2.24) is 0 Å². The van der Waals surface area contributed by atoms with Crippen molar-refractivity contribution >= 4 is 17.6 Å². The van der Waals surface area contributed by atoms with Crippen LogP contribution < -0.4 is 10.1 Å². The average molecular weight is 366 g/mol. The number of aryl methyl sites for hydroxylation is 1. The van der Waals surface area contributed by atoms with Gasteiger partial charge >= 0.3 is 5.97 Å². The Morgan fingerprint density at radius 1 is 1.11 bits per heavy atom. The van der Waals surface area contributed by atoms with E-state index in [0.29, 0.717) is 24.3 Å². The number of rotatable bonds is 8. The summed E-state index contributed by atoms with van der Waals surface area (Å²) in [5.74, 6) is -0.127. The predicted octanol–water partition coefficient (Wildman–Crippen LogP) is 3.60. The van der Waals surface area contributed by atoms with Gasteiger partial charge in [-0.3, -0.25) is 9.59 Å². The molecule has 0 saturated carbocycles. The number of ether oxygens (including phenoxy) is 2. The fraction of sp³-hybridized carbons (Fsp3) is 0.286. The van der Waals surface area contributed by atoms with Crippen LogP contribution in [0.15, 0.2) is 48.5 Å². The molecule has 1 amide bonds. The van der Waals surface area contributed by atoms with Crippen LogP contribution in [0.1, 0.15) is 30.9 Å². The molecule has 27 heavy (non-hydrogen) atoms. The Kier molecular flexibility index (Phi) is 7.38. The Morgan fingerprint density at radius 2 is 1.78 bits per heavy atom. The number of carbonyl (C=O) groups is 2. The highest BCUT2D eigenvalue weighted by molar-refractivity contribution is 5.95. The summed E-state index contributed by atoms with van der Waals surface area (Å²) in [5, 5.41) is 11.4. The van der Waals surface area contributed by atoms with Crippen LogP contribution >= 0.6 is 0 Å². The molecule has 0 saturated heterocycles. The van der Waals surface area contributed by atoms with Crippen molar-refractivity contribution in [3.8, 4) is 11.8 Å². The van der Waals surface area contributed by atoms with Crippen LogP contribution in [0.25, 0.3) is 0 Å². The molecule has 0 unspecified atom stereocenters. The maximum atomic E-state index is 12.1. The van der Waals surface area contributed by atoms with Gasteiger partial charge in [-0.1, -0.05) is 17.7 Å². The topological polar surface area (TPSA) is 88.4 Å². The summed E-state index contributed by atoms with van der Waals surface area (Å²) in [6, 6.07) is 16.1. The van der Waals surface area contributed by atoms with Gasteiger partial charge in [0.05, 0.1) is 18.2 Å². The van der Waals surface area contributed by atoms with Crippen LogP contribution in [0.2, 0.25) is 0 Å². The molecule has 0 bridgehead atoms. The first-order chi connectivity index (χ1) is 13.0. The largest absolute Gasteiger partial charge is 0.494 e. The Morgan fingerprint density at radius 3 is 2.41 bits per heavy atom. The molecule has 1 N–H and O–H groups in total. The van der Waals surface area contributed by atoms with E-state index in [1.165, 1.54) is 6.92 Å². The summed E-state index contributed by atoms with van der Waals surface area (Å²) in [6.07, 6.45) is -0.247. The van der Waals surface area contributed by atoms with Gasteiger partial charge in [0.1, 0.15) is 5.75 Å². The fourth-order valence-electron chi connectivity index (χ4n) is 2.22. The van der Waals surface area contributed by atoms with Crippen LogP contribution in [0.4, 0.5) is 5.69 Å². The number of nitrogens with zero attached hydrogens (tertiary/aromatic N) is 1. The van der Waals surface area contributed by atoms with Crippen molar-refractivity contribution in [2.24, 2.45) is 0 Å². The summed E-state index contributed by atoms with van der Waals surface area (Å²) in [6.45, 7) is 3.90. The van der Waals surface area contributed by atoms with E-state index >= 15 is 0 Å². The van der Waals surface area contributed by atoms with Gasteiger partial charge in [-0.2, -0.15) is 5.26 Å². The van der Waals surface area contributed by atoms with E-state index in [1.54, 1.807) is 24.3 Å². The zero-order chi connectivity index (χ0) is 19.6. The first-order valence-corrected chi connectivity index (χ1v) is 8.68. The number of amides is 1. The second-order valence-corrected chi connectivity index (χ2v) is 6.08. The summed E-state index contributed by atoms with van der Waals surface area (Å²) >= 11 is 0. The zero-order valence-corrected chi connectivity index (χ0v) is 15.4. The van der Waals surface area contributed by atoms with E-state index in [2.05, 4.69) is 5.32 Å². The van der Waals surface area contributed by atoms with Crippen LogP contribution in [-0.4, -0.2) is 24.6 Å². The molecular formula is C21H22N2O4. The monoisotopic (exact) mass is 366 g/mol. The van der Waals surface area contributed by atoms with E-state index in [9.17, 15) is 9.59 Å². The number of nitrogens with one attached hydrogen (secondary N) is 1. The second-order valence-electron chi connectivity index (χ2n) is 6.08. The van der Waals surface area contributed by atoms with Crippen molar-refractivity contribution in [3.63, 3.8) is 0 Å². The van der Waals surface area contributed by atoms with Gasteiger partial charge in [0.25, 0.3) is 5.91 Å². The van der Waals surface area contributed by atoms with E-state index in [-0.39, 0.29) is 6.42 Å². The minimum atomic E-state index is -0.911. The van der Waals surface area contributed by atoms with Gasteiger partial charge in [-0.25, -0.2) is 0 Å². The molecule has 2 rings (SSSR count). The molecule has 0 aromatic heterocycles. The third-order valence-electron chi connectivity index (χ3n) is 3.77. The lowest BCUT2D eigenvalue weighted by atomic mass is 10.2. The van der Waals surface area contributed by atoms with Crippen LogP contribution in [-0.2, 0) is 14.3 Å². The van der Waals surface area contributed by atoms with E-state index in [4.69, 9.17) is 14.7 Å². The normalized spacial score (nSPS) is 11.1. The summed E-state index contributed by atoms with van der Waals surface area (Å²) in [4.78, 5) is 23.9. The highest BCUT2D eigenvalue weighted by Gasteiger charge is 2.17. The maximum absolute atomic E-state index is 12.1. The highest BCUT2D eigenvalue weighted by Crippen LogP contribution is 2.12. The number of hydrogen-bond donors (Lipinski definition) is 1. The molecule has 0 fully saturated rings. The van der Waals surface area contributed by atoms with Crippen molar-refractivity contribution in [2.75, 3.05) is 11.9 Å². The van der Waals surface area contributed by atoms with E-state index < -0.39 is 18.0 Å². The molecule has 0 aliphatic carbocycles. The molecule has 0 spiro atoms. The van der Waals surface area contributed by atoms with Gasteiger partial charge in [0.2, 0.25) is 0 Å². The molecule has 0 radical (unpaired) electrons. The number of hydrogen-bond acceptors (Lipinski definition) is 5. The maximum Gasteiger partial charge on any atom is 0.306 e. The molecule has 2 aromatic rings. The third-order valence-corrected chi connectivity index (χ3v) is 3.77. The third kappa shape index (κ3) is 6.83. The van der Waals surface area contributed by atoms with E-state index in [0.717, 1.165) is 11.3 Å². The van der Waals surface area contributed by atoms with Crippen molar-refractivity contribution in [2.45, 2.75) is 32.8 Å². The molecule has 0 aliphatic heterocycles. The Labute approximate surface area is 158 Å². The minimum absolute atomic E-state index is 0.167. The second kappa shape index (κ2) is 9.97. The van der Waals surface area contributed by atoms with Crippen molar-refractivity contribution in [3.05, 3.63) is 59.7 Å². The van der Waals surface area contributed by atoms with Crippen molar-refractivity contribution < 1.29 is 19.1 Å². The standard InChI is InChI=1S/C21H22N2O4/c1-15-5-11-19(12-6-15)26-13-3-4-20(24)27-16(2)21(25)23-18-9-7-17(14-22)8-10-18/h5-12,16H,3-4,13H2,1-2H3,(H,23,25)/t16-/m0/s1. The number of carbonyl (C=O) groups excluding carboxylic acids is 2. The molecule has 1 atom stereocenters. The van der Waals surface area contributed by atoms with Gasteiger partial charge < -0.3 is 14.8 Å². The van der Waals surface area contributed by atoms with Gasteiger partial charge in [-0.15, -0.1) is 0 Å². The molecule has 2 aromatic carbocycles. The lowest BCUT2D eigenvalue weighted by molar-refractivity contribution is -0.153. The van der Waals surface area contributed by atoms with Crippen LogP contribution in [0, 0.1) is 18.3 Å². The average Bonchev–Trinajstić information content (AvgIpc) is 2.67. The Balaban J connectivity index is 1.68. The predicted molar refractivity (Wildman–Crippen MR) is 101 cm³/mol. The Hall–Kier alpha value is -3.33. The number of nitriles is 1. The minimum Gasteiger partial charge on any atom is -0.494 e. The smallest absolute Gasteiger partial charge is 0.306 e.